The molecular formula is C22H21N5O2S. The minimum Gasteiger partial charge on any atom is -0.324 e. The van der Waals surface area contributed by atoms with Gasteiger partial charge in [-0.3, -0.25) is 14.2 Å². The van der Waals surface area contributed by atoms with Crippen molar-refractivity contribution in [3.8, 4) is 10.6 Å². The second-order valence-electron chi connectivity index (χ2n) is 7.36. The zero-order chi connectivity index (χ0) is 21.3. The first-order chi connectivity index (χ1) is 14.4. The van der Waals surface area contributed by atoms with Gasteiger partial charge in [0, 0.05) is 23.5 Å². The lowest BCUT2D eigenvalue weighted by molar-refractivity contribution is -0.116. The van der Waals surface area contributed by atoms with Crippen molar-refractivity contribution >= 4 is 33.3 Å². The van der Waals surface area contributed by atoms with E-state index in [0.29, 0.717) is 11.4 Å². The van der Waals surface area contributed by atoms with Gasteiger partial charge in [-0.05, 0) is 36.6 Å². The predicted octanol–water partition coefficient (Wildman–Crippen LogP) is 3.99. The van der Waals surface area contributed by atoms with E-state index in [-0.39, 0.29) is 23.9 Å². The van der Waals surface area contributed by atoms with E-state index in [1.165, 1.54) is 28.3 Å². The molecule has 0 aliphatic heterocycles. The van der Waals surface area contributed by atoms with Crippen molar-refractivity contribution in [2.45, 2.75) is 33.2 Å². The number of rotatable bonds is 5. The Balaban J connectivity index is 1.55. The summed E-state index contributed by atoms with van der Waals surface area (Å²) in [6.45, 7) is 5.76. The van der Waals surface area contributed by atoms with Crippen LogP contribution in [0.25, 0.3) is 20.9 Å². The second-order valence-corrected chi connectivity index (χ2v) is 8.34. The van der Waals surface area contributed by atoms with Gasteiger partial charge in [0.05, 0.1) is 12.0 Å². The van der Waals surface area contributed by atoms with Crippen LogP contribution in [0.5, 0.6) is 0 Å². The number of carbonyl (C=O) groups is 1. The number of nitrogens with one attached hydrogen (secondary N) is 1. The molecule has 30 heavy (non-hydrogen) atoms. The van der Waals surface area contributed by atoms with Gasteiger partial charge < -0.3 is 5.32 Å². The number of aromatic nitrogens is 4. The highest BCUT2D eigenvalue weighted by Gasteiger charge is 2.12. The van der Waals surface area contributed by atoms with Gasteiger partial charge in [0.25, 0.3) is 5.56 Å². The summed E-state index contributed by atoms with van der Waals surface area (Å²) >= 11 is 1.50. The van der Waals surface area contributed by atoms with E-state index in [9.17, 15) is 9.59 Å². The summed E-state index contributed by atoms with van der Waals surface area (Å²) in [5.74, 6) is -0.133. The quantitative estimate of drug-likeness (QED) is 0.528. The number of aryl methyl sites for hydroxylation is 1. The maximum atomic E-state index is 12.6. The summed E-state index contributed by atoms with van der Waals surface area (Å²) in [5, 5.41) is 3.74. The van der Waals surface area contributed by atoms with E-state index < -0.39 is 0 Å². The number of hydrogen-bond donors (Lipinski definition) is 1. The summed E-state index contributed by atoms with van der Waals surface area (Å²) in [6, 6.07) is 11.1. The molecule has 0 saturated carbocycles. The average molecular weight is 420 g/mol. The van der Waals surface area contributed by atoms with Crippen molar-refractivity contribution in [3.05, 3.63) is 70.5 Å². The number of hydrogen-bond acceptors (Lipinski definition) is 6. The average Bonchev–Trinajstić information content (AvgIpc) is 3.15. The Morgan fingerprint density at radius 1 is 1.20 bits per heavy atom. The lowest BCUT2D eigenvalue weighted by Gasteiger charge is -2.11. The summed E-state index contributed by atoms with van der Waals surface area (Å²) < 4.78 is 1.31. The smallest absolute Gasteiger partial charge is 0.254 e. The van der Waals surface area contributed by atoms with Crippen LogP contribution >= 0.6 is 11.3 Å². The molecule has 3 aromatic heterocycles. The third-order valence-electron chi connectivity index (χ3n) is 4.73. The van der Waals surface area contributed by atoms with Gasteiger partial charge in [-0.25, -0.2) is 15.0 Å². The predicted molar refractivity (Wildman–Crippen MR) is 119 cm³/mol. The van der Waals surface area contributed by atoms with Crippen molar-refractivity contribution in [2.75, 3.05) is 5.32 Å². The highest BCUT2D eigenvalue weighted by atomic mass is 32.1. The first kappa shape index (κ1) is 19.9. The van der Waals surface area contributed by atoms with Gasteiger partial charge in [0.15, 0.2) is 0 Å². The molecule has 3 heterocycles. The van der Waals surface area contributed by atoms with Gasteiger partial charge in [0.2, 0.25) is 5.91 Å². The molecule has 0 spiro atoms. The normalized spacial score (nSPS) is 11.2. The highest BCUT2D eigenvalue weighted by molar-refractivity contribution is 7.21. The Kier molecular flexibility index (Phi) is 5.41. The van der Waals surface area contributed by atoms with Crippen molar-refractivity contribution < 1.29 is 4.79 Å². The van der Waals surface area contributed by atoms with Crippen LogP contribution in [0.2, 0.25) is 0 Å². The lowest BCUT2D eigenvalue weighted by Crippen LogP contribution is -2.28. The first-order valence-corrected chi connectivity index (χ1v) is 10.4. The molecule has 1 N–H and O–H groups in total. The van der Waals surface area contributed by atoms with Crippen LogP contribution in [0, 0.1) is 6.92 Å². The van der Waals surface area contributed by atoms with Crippen LogP contribution in [0.15, 0.2) is 53.7 Å². The number of fused-ring (bicyclic) bond motifs is 1. The van der Waals surface area contributed by atoms with Gasteiger partial charge >= 0.3 is 0 Å². The molecule has 0 saturated heterocycles. The zero-order valence-electron chi connectivity index (χ0n) is 16.9. The Hall–Kier alpha value is -3.39. The number of benzene rings is 1. The summed E-state index contributed by atoms with van der Waals surface area (Å²) in [7, 11) is 0. The van der Waals surface area contributed by atoms with Gasteiger partial charge in [-0.2, -0.15) is 0 Å². The Labute approximate surface area is 177 Å². The fraction of sp³-hybridized carbons (Fsp3) is 0.227. The number of amides is 1. The van der Waals surface area contributed by atoms with Crippen molar-refractivity contribution in [1.29, 1.82) is 0 Å². The Morgan fingerprint density at radius 3 is 2.77 bits per heavy atom. The van der Waals surface area contributed by atoms with Crippen LogP contribution in [-0.2, 0) is 11.3 Å². The van der Waals surface area contributed by atoms with E-state index >= 15 is 0 Å². The fourth-order valence-corrected chi connectivity index (χ4v) is 3.91. The molecule has 7 nitrogen and oxygen atoms in total. The minimum absolute atomic E-state index is 0.0983. The number of pyridine rings is 1. The zero-order valence-corrected chi connectivity index (χ0v) is 17.7. The minimum atomic E-state index is -0.289. The molecule has 4 aromatic rings. The molecule has 0 fully saturated rings. The number of anilines is 1. The third kappa shape index (κ3) is 4.13. The van der Waals surface area contributed by atoms with Crippen LogP contribution in [0.4, 0.5) is 5.69 Å². The fourth-order valence-electron chi connectivity index (χ4n) is 3.00. The SMILES string of the molecule is Cc1ccc(-c2nc3cccnc3s2)cc1NC(=O)Cn1cnc(C(C)C)cc1=O. The van der Waals surface area contributed by atoms with Crippen molar-refractivity contribution in [2.24, 2.45) is 0 Å². The maximum Gasteiger partial charge on any atom is 0.254 e. The number of nitrogens with zero attached hydrogens (tertiary/aromatic N) is 4. The van der Waals surface area contributed by atoms with Gasteiger partial charge in [0.1, 0.15) is 21.9 Å². The van der Waals surface area contributed by atoms with Crippen molar-refractivity contribution in [1.82, 2.24) is 19.5 Å². The molecule has 0 aliphatic rings. The van der Waals surface area contributed by atoms with E-state index in [2.05, 4.69) is 20.3 Å². The number of thiazole rings is 1. The summed E-state index contributed by atoms with van der Waals surface area (Å²) in [5.41, 5.74) is 3.83. The number of carbonyl (C=O) groups excluding carboxylic acids is 1. The Bertz CT molecular complexity index is 1260. The summed E-state index contributed by atoms with van der Waals surface area (Å²) in [4.78, 5) is 38.9. The molecule has 1 amide bonds. The molecule has 0 unspecified atom stereocenters. The Morgan fingerprint density at radius 2 is 2.03 bits per heavy atom. The van der Waals surface area contributed by atoms with Crippen LogP contribution in [0.1, 0.15) is 31.0 Å². The molecule has 1 aromatic carbocycles. The van der Waals surface area contributed by atoms with Gasteiger partial charge in [-0.15, -0.1) is 0 Å². The second kappa shape index (κ2) is 8.16. The molecule has 0 aliphatic carbocycles. The standard InChI is InChI=1S/C22H21N5O2S/c1-13(2)17-10-20(29)27(12-24-17)11-19(28)25-18-9-15(7-6-14(18)3)21-26-16-5-4-8-23-22(16)30-21/h4-10,12-13H,11H2,1-3H3,(H,25,28). The van der Waals surface area contributed by atoms with E-state index in [0.717, 1.165) is 26.5 Å². The highest BCUT2D eigenvalue weighted by Crippen LogP contribution is 2.31. The molecule has 8 heteroatoms. The van der Waals surface area contributed by atoms with Crippen molar-refractivity contribution in [3.63, 3.8) is 0 Å². The van der Waals surface area contributed by atoms with Crippen LogP contribution in [-0.4, -0.2) is 25.4 Å². The molecule has 152 valence electrons. The molecule has 0 radical (unpaired) electrons. The topological polar surface area (TPSA) is 89.8 Å². The van der Waals surface area contributed by atoms with E-state index in [1.807, 2.05) is 51.1 Å². The van der Waals surface area contributed by atoms with E-state index in [1.54, 1.807) is 6.20 Å². The van der Waals surface area contributed by atoms with E-state index in [4.69, 9.17) is 0 Å². The van der Waals surface area contributed by atoms with Crippen LogP contribution < -0.4 is 10.9 Å². The summed E-state index contributed by atoms with van der Waals surface area (Å²) in [6.07, 6.45) is 3.17. The molecule has 0 atom stereocenters. The first-order valence-electron chi connectivity index (χ1n) is 9.59. The van der Waals surface area contributed by atoms with Crippen LogP contribution in [0.3, 0.4) is 0 Å². The maximum absolute atomic E-state index is 12.6. The molecule has 0 bridgehead atoms. The largest absolute Gasteiger partial charge is 0.324 e. The molecule has 4 rings (SSSR count). The lowest BCUT2D eigenvalue weighted by atomic mass is 10.1. The van der Waals surface area contributed by atoms with Gasteiger partial charge in [-0.1, -0.05) is 37.3 Å². The monoisotopic (exact) mass is 419 g/mol. The third-order valence-corrected chi connectivity index (χ3v) is 5.76. The molecular weight excluding hydrogens is 398 g/mol.